The van der Waals surface area contributed by atoms with Gasteiger partial charge in [0.25, 0.3) is 0 Å². The molecule has 0 N–H and O–H groups in total. The molecule has 0 aromatic carbocycles. The van der Waals surface area contributed by atoms with E-state index in [0.29, 0.717) is 12.5 Å². The average Bonchev–Trinajstić information content (AvgIpc) is 2.26. The number of likely N-dealkylation sites (tertiary alicyclic amines) is 1. The first-order valence-electron chi connectivity index (χ1n) is 5.23. The summed E-state index contributed by atoms with van der Waals surface area (Å²) in [6.07, 6.45) is 1.54. The number of hydrogen-bond acceptors (Lipinski definition) is 1. The van der Waals surface area contributed by atoms with Crippen molar-refractivity contribution in [1.82, 2.24) is 4.90 Å². The van der Waals surface area contributed by atoms with Crippen molar-refractivity contribution in [1.29, 1.82) is 0 Å². The molecule has 0 aliphatic carbocycles. The molecule has 0 saturated carbocycles. The van der Waals surface area contributed by atoms with E-state index in [-0.39, 0.29) is 16.7 Å². The Labute approximate surface area is 91.6 Å². The van der Waals surface area contributed by atoms with E-state index in [1.54, 1.807) is 0 Å². The standard InChI is InChI=1S/C11H20ClNO/c1-8-5-9(12)7-13(8)10(14)6-11(2,3)4/h8-9H,5-7H2,1-4H3. The van der Waals surface area contributed by atoms with Gasteiger partial charge in [-0.15, -0.1) is 11.6 Å². The fraction of sp³-hybridized carbons (Fsp3) is 0.909. The Balaban J connectivity index is 2.53. The third kappa shape index (κ3) is 3.16. The van der Waals surface area contributed by atoms with E-state index in [4.69, 9.17) is 11.6 Å². The molecule has 2 nitrogen and oxygen atoms in total. The SMILES string of the molecule is CC1CC(Cl)CN1C(=O)CC(C)(C)C. The molecule has 3 heteroatoms. The highest BCUT2D eigenvalue weighted by molar-refractivity contribution is 6.21. The third-order valence-corrected chi connectivity index (χ3v) is 2.84. The Morgan fingerprint density at radius 2 is 2.07 bits per heavy atom. The molecule has 1 fully saturated rings. The second-order valence-corrected chi connectivity index (χ2v) is 6.08. The number of hydrogen-bond donors (Lipinski definition) is 0. The van der Waals surface area contributed by atoms with Crippen LogP contribution in [0.2, 0.25) is 0 Å². The van der Waals surface area contributed by atoms with Gasteiger partial charge in [-0.2, -0.15) is 0 Å². The van der Waals surface area contributed by atoms with Crippen LogP contribution in [0, 0.1) is 5.41 Å². The zero-order valence-electron chi connectivity index (χ0n) is 9.51. The molecule has 1 rings (SSSR count). The summed E-state index contributed by atoms with van der Waals surface area (Å²) in [6.45, 7) is 9.05. The van der Waals surface area contributed by atoms with Crippen molar-refractivity contribution in [3.05, 3.63) is 0 Å². The number of carbonyl (C=O) groups excluding carboxylic acids is 1. The van der Waals surface area contributed by atoms with Crippen molar-refractivity contribution in [2.24, 2.45) is 5.41 Å². The van der Waals surface area contributed by atoms with E-state index in [9.17, 15) is 4.79 Å². The Hall–Kier alpha value is -0.240. The molecule has 0 bridgehead atoms. The van der Waals surface area contributed by atoms with Crippen LogP contribution in [0.15, 0.2) is 0 Å². The van der Waals surface area contributed by atoms with E-state index in [2.05, 4.69) is 27.7 Å². The third-order valence-electron chi connectivity index (χ3n) is 2.53. The summed E-state index contributed by atoms with van der Waals surface area (Å²) >= 11 is 6.02. The van der Waals surface area contributed by atoms with E-state index in [0.717, 1.165) is 13.0 Å². The molecule has 0 radical (unpaired) electrons. The summed E-state index contributed by atoms with van der Waals surface area (Å²) in [7, 11) is 0. The van der Waals surface area contributed by atoms with Gasteiger partial charge in [-0.25, -0.2) is 0 Å². The van der Waals surface area contributed by atoms with E-state index in [1.165, 1.54) is 0 Å². The van der Waals surface area contributed by atoms with Gasteiger partial charge in [0, 0.05) is 19.0 Å². The zero-order valence-corrected chi connectivity index (χ0v) is 10.3. The van der Waals surface area contributed by atoms with Crippen LogP contribution in [0.3, 0.4) is 0 Å². The van der Waals surface area contributed by atoms with Crippen molar-refractivity contribution in [2.75, 3.05) is 6.54 Å². The van der Waals surface area contributed by atoms with Gasteiger partial charge in [-0.1, -0.05) is 20.8 Å². The molecule has 1 aliphatic rings. The highest BCUT2D eigenvalue weighted by Crippen LogP contribution is 2.26. The molecular weight excluding hydrogens is 198 g/mol. The van der Waals surface area contributed by atoms with Gasteiger partial charge in [0.1, 0.15) is 0 Å². The largest absolute Gasteiger partial charge is 0.338 e. The molecule has 1 saturated heterocycles. The number of nitrogens with zero attached hydrogens (tertiary/aromatic N) is 1. The Morgan fingerprint density at radius 1 is 1.50 bits per heavy atom. The smallest absolute Gasteiger partial charge is 0.223 e. The molecule has 1 amide bonds. The highest BCUT2D eigenvalue weighted by Gasteiger charge is 2.32. The topological polar surface area (TPSA) is 20.3 Å². The first-order valence-corrected chi connectivity index (χ1v) is 5.67. The average molecular weight is 218 g/mol. The van der Waals surface area contributed by atoms with Crippen LogP contribution in [-0.2, 0) is 4.79 Å². The molecule has 1 aliphatic heterocycles. The number of alkyl halides is 1. The lowest BCUT2D eigenvalue weighted by molar-refractivity contribution is -0.133. The van der Waals surface area contributed by atoms with Crippen LogP contribution in [-0.4, -0.2) is 28.8 Å². The maximum atomic E-state index is 11.9. The minimum atomic E-state index is 0.0706. The van der Waals surface area contributed by atoms with E-state index in [1.807, 2.05) is 4.90 Å². The van der Waals surface area contributed by atoms with Crippen LogP contribution in [0.25, 0.3) is 0 Å². The van der Waals surface area contributed by atoms with Crippen LogP contribution in [0.4, 0.5) is 0 Å². The summed E-state index contributed by atoms with van der Waals surface area (Å²) in [6, 6.07) is 0.312. The Bertz CT molecular complexity index is 222. The fourth-order valence-corrected chi connectivity index (χ4v) is 2.27. The lowest BCUT2D eigenvalue weighted by atomic mass is 9.91. The monoisotopic (exact) mass is 217 g/mol. The quantitative estimate of drug-likeness (QED) is 0.619. The van der Waals surface area contributed by atoms with Gasteiger partial charge in [-0.3, -0.25) is 4.79 Å². The summed E-state index contributed by atoms with van der Waals surface area (Å²) in [5.74, 6) is 0.244. The van der Waals surface area contributed by atoms with E-state index >= 15 is 0 Å². The lowest BCUT2D eigenvalue weighted by Gasteiger charge is -2.26. The zero-order chi connectivity index (χ0) is 10.9. The maximum Gasteiger partial charge on any atom is 0.223 e. The van der Waals surface area contributed by atoms with Gasteiger partial charge in [-0.05, 0) is 18.8 Å². The number of amides is 1. The number of rotatable bonds is 1. The van der Waals surface area contributed by atoms with E-state index < -0.39 is 0 Å². The second-order valence-electron chi connectivity index (χ2n) is 5.47. The minimum Gasteiger partial charge on any atom is -0.338 e. The summed E-state index contributed by atoms with van der Waals surface area (Å²) in [5, 5.41) is 0.147. The maximum absolute atomic E-state index is 11.9. The summed E-state index contributed by atoms with van der Waals surface area (Å²) in [4.78, 5) is 13.8. The minimum absolute atomic E-state index is 0.0706. The van der Waals surface area contributed by atoms with Gasteiger partial charge in [0.2, 0.25) is 5.91 Å². The first kappa shape index (κ1) is 11.8. The molecule has 2 atom stereocenters. The Kier molecular flexibility index (Phi) is 3.46. The summed E-state index contributed by atoms with van der Waals surface area (Å²) in [5.41, 5.74) is 0.0706. The second kappa shape index (κ2) is 4.09. The van der Waals surface area contributed by atoms with Crippen molar-refractivity contribution in [3.8, 4) is 0 Å². The normalized spacial score (nSPS) is 28.2. The van der Waals surface area contributed by atoms with Crippen molar-refractivity contribution in [2.45, 2.75) is 52.0 Å². The molecule has 0 spiro atoms. The predicted molar refractivity (Wildman–Crippen MR) is 59.5 cm³/mol. The number of carbonyl (C=O) groups is 1. The van der Waals surface area contributed by atoms with Gasteiger partial charge in [0.15, 0.2) is 0 Å². The molecular formula is C11H20ClNO. The van der Waals surface area contributed by atoms with Crippen molar-refractivity contribution < 1.29 is 4.79 Å². The molecule has 2 unspecified atom stereocenters. The highest BCUT2D eigenvalue weighted by atomic mass is 35.5. The molecule has 0 aromatic heterocycles. The van der Waals surface area contributed by atoms with Crippen molar-refractivity contribution >= 4 is 17.5 Å². The van der Waals surface area contributed by atoms with Crippen LogP contribution in [0.5, 0.6) is 0 Å². The molecule has 1 heterocycles. The van der Waals surface area contributed by atoms with Crippen LogP contribution in [0.1, 0.15) is 40.5 Å². The molecule has 0 aromatic rings. The van der Waals surface area contributed by atoms with Crippen LogP contribution >= 0.6 is 11.6 Å². The van der Waals surface area contributed by atoms with Crippen LogP contribution < -0.4 is 0 Å². The number of halogens is 1. The fourth-order valence-electron chi connectivity index (χ4n) is 1.87. The first-order chi connectivity index (χ1) is 6.29. The van der Waals surface area contributed by atoms with Gasteiger partial charge in [0.05, 0.1) is 5.38 Å². The predicted octanol–water partition coefficient (Wildman–Crippen LogP) is 2.65. The Morgan fingerprint density at radius 3 is 2.43 bits per heavy atom. The molecule has 14 heavy (non-hydrogen) atoms. The molecule has 82 valence electrons. The lowest BCUT2D eigenvalue weighted by Crippen LogP contribution is -2.36. The summed E-state index contributed by atoms with van der Waals surface area (Å²) < 4.78 is 0. The van der Waals surface area contributed by atoms with Gasteiger partial charge < -0.3 is 4.90 Å². The van der Waals surface area contributed by atoms with Gasteiger partial charge >= 0.3 is 0 Å². The van der Waals surface area contributed by atoms with Crippen molar-refractivity contribution in [3.63, 3.8) is 0 Å².